The average molecular weight is 116 g/mol. The summed E-state index contributed by atoms with van der Waals surface area (Å²) in [5, 5.41) is 8.15. The van der Waals surface area contributed by atoms with Gasteiger partial charge in [-0.05, 0) is 0 Å². The molecule has 0 amide bonds. The number of carbonyl (C=O) groups is 1. The summed E-state index contributed by atoms with van der Waals surface area (Å²) in [7, 11) is 1.72. The van der Waals surface area contributed by atoms with E-state index in [-0.39, 0.29) is 6.54 Å². The van der Waals surface area contributed by atoms with Gasteiger partial charge in [-0.15, -0.1) is 0 Å². The Morgan fingerprint density at radius 1 is 1.88 bits per heavy atom. The molecule has 1 N–H and O–H groups in total. The maximum absolute atomic E-state index is 9.91. The lowest BCUT2D eigenvalue weighted by Crippen LogP contribution is -2.16. The van der Waals surface area contributed by atoms with E-state index in [0.717, 1.165) is 0 Å². The Morgan fingerprint density at radius 2 is 2.38 bits per heavy atom. The van der Waals surface area contributed by atoms with Crippen molar-refractivity contribution in [1.29, 1.82) is 0 Å². The predicted molar refractivity (Wildman–Crippen MR) is 30.4 cm³/mol. The van der Waals surface area contributed by atoms with E-state index < -0.39 is 5.97 Å². The van der Waals surface area contributed by atoms with E-state index in [1.807, 2.05) is 0 Å². The molecule has 0 spiro atoms. The van der Waals surface area contributed by atoms with Crippen molar-refractivity contribution in [3.05, 3.63) is 0 Å². The zero-order chi connectivity index (χ0) is 6.57. The molecular weight excluding hydrogens is 106 g/mol. The highest BCUT2D eigenvalue weighted by molar-refractivity contribution is 5.68. The minimum absolute atomic E-state index is 0.0799. The summed E-state index contributed by atoms with van der Waals surface area (Å²) < 4.78 is 1.60. The van der Waals surface area contributed by atoms with Gasteiger partial charge in [-0.1, -0.05) is 0 Å². The number of carboxylic acids is 1. The number of hydrogen-bond donors (Lipinski definition) is 1. The van der Waals surface area contributed by atoms with Crippen LogP contribution >= 0.6 is 0 Å². The minimum atomic E-state index is -0.800. The van der Waals surface area contributed by atoms with Crippen LogP contribution < -0.4 is 0 Å². The summed E-state index contributed by atoms with van der Waals surface area (Å²) in [4.78, 5) is 9.91. The molecule has 0 saturated heterocycles. The molecule has 3 heteroatoms. The molecule has 0 bridgehead atoms. The van der Waals surface area contributed by atoms with E-state index in [9.17, 15) is 4.79 Å². The molecule has 0 aliphatic carbocycles. The SMILES string of the molecule is C/C=[N+](/C)CC(=O)O. The van der Waals surface area contributed by atoms with E-state index in [4.69, 9.17) is 5.11 Å². The molecule has 0 aliphatic rings. The Kier molecular flexibility index (Phi) is 2.84. The van der Waals surface area contributed by atoms with E-state index in [2.05, 4.69) is 0 Å². The molecule has 0 heterocycles. The quantitative estimate of drug-likeness (QED) is 0.401. The molecule has 0 aliphatic heterocycles. The first-order chi connectivity index (χ1) is 3.66. The third kappa shape index (κ3) is 3.33. The summed E-state index contributed by atoms with van der Waals surface area (Å²) in [5.41, 5.74) is 0. The second-order valence-electron chi connectivity index (χ2n) is 1.57. The van der Waals surface area contributed by atoms with Crippen LogP contribution in [0.3, 0.4) is 0 Å². The highest BCUT2D eigenvalue weighted by Gasteiger charge is 2.00. The molecule has 0 rings (SSSR count). The Hall–Kier alpha value is -0.860. The van der Waals surface area contributed by atoms with Gasteiger partial charge in [0.15, 0.2) is 0 Å². The normalized spacial score (nSPS) is 11.5. The number of aliphatic carboxylic acids is 1. The highest BCUT2D eigenvalue weighted by Crippen LogP contribution is 1.65. The maximum Gasteiger partial charge on any atom is 0.369 e. The van der Waals surface area contributed by atoms with Crippen LogP contribution in [0.15, 0.2) is 0 Å². The van der Waals surface area contributed by atoms with Crippen LogP contribution in [0.4, 0.5) is 0 Å². The Balaban J connectivity index is 3.56. The average Bonchev–Trinajstić information content (AvgIpc) is 1.65. The van der Waals surface area contributed by atoms with Gasteiger partial charge in [0.1, 0.15) is 13.3 Å². The van der Waals surface area contributed by atoms with Gasteiger partial charge < -0.3 is 5.11 Å². The fourth-order valence-electron chi connectivity index (χ4n) is 0.305. The summed E-state index contributed by atoms with van der Waals surface area (Å²) in [6, 6.07) is 0. The van der Waals surface area contributed by atoms with Crippen LogP contribution in [0.25, 0.3) is 0 Å². The molecule has 3 nitrogen and oxygen atoms in total. The molecule has 0 aromatic heterocycles. The number of rotatable bonds is 2. The first-order valence-corrected chi connectivity index (χ1v) is 2.38. The van der Waals surface area contributed by atoms with Crippen molar-refractivity contribution in [3.8, 4) is 0 Å². The van der Waals surface area contributed by atoms with Crippen LogP contribution in [-0.4, -0.2) is 35.5 Å². The summed E-state index contributed by atoms with van der Waals surface area (Å²) in [6.07, 6.45) is 1.72. The Morgan fingerprint density at radius 3 is 2.50 bits per heavy atom. The van der Waals surface area contributed by atoms with Crippen LogP contribution in [-0.2, 0) is 4.79 Å². The lowest BCUT2D eigenvalue weighted by Gasteiger charge is -1.86. The van der Waals surface area contributed by atoms with E-state index in [1.165, 1.54) is 0 Å². The summed E-state index contributed by atoms with van der Waals surface area (Å²) >= 11 is 0. The van der Waals surface area contributed by atoms with Gasteiger partial charge in [0, 0.05) is 6.92 Å². The largest absolute Gasteiger partial charge is 0.477 e. The lowest BCUT2D eigenvalue weighted by molar-refractivity contribution is -0.483. The molecule has 0 radical (unpaired) electrons. The van der Waals surface area contributed by atoms with E-state index in [1.54, 1.807) is 24.8 Å². The molecule has 0 saturated carbocycles. The van der Waals surface area contributed by atoms with Crippen LogP contribution in [0, 0.1) is 0 Å². The zero-order valence-corrected chi connectivity index (χ0v) is 5.09. The third-order valence-corrected chi connectivity index (χ3v) is 0.825. The summed E-state index contributed by atoms with van der Waals surface area (Å²) in [5.74, 6) is -0.800. The van der Waals surface area contributed by atoms with Crippen LogP contribution in [0.2, 0.25) is 0 Å². The van der Waals surface area contributed by atoms with Crippen molar-refractivity contribution in [2.24, 2.45) is 0 Å². The van der Waals surface area contributed by atoms with Crippen molar-refractivity contribution in [2.45, 2.75) is 6.92 Å². The number of hydrogen-bond acceptors (Lipinski definition) is 1. The molecular formula is C5H10NO2+. The maximum atomic E-state index is 9.91. The standard InChI is InChI=1S/C5H9NO2/c1-3-6(2)4-5(7)8/h3H,4H2,1-2H3/p+1/b6-3-. The van der Waals surface area contributed by atoms with Gasteiger partial charge in [0.25, 0.3) is 0 Å². The molecule has 0 atom stereocenters. The third-order valence-electron chi connectivity index (χ3n) is 0.825. The van der Waals surface area contributed by atoms with Crippen LogP contribution in [0.5, 0.6) is 0 Å². The monoisotopic (exact) mass is 116 g/mol. The second-order valence-corrected chi connectivity index (χ2v) is 1.57. The minimum Gasteiger partial charge on any atom is -0.477 e. The molecule has 46 valence electrons. The van der Waals surface area contributed by atoms with Crippen molar-refractivity contribution in [1.82, 2.24) is 0 Å². The van der Waals surface area contributed by atoms with Gasteiger partial charge in [0.05, 0.1) is 0 Å². The molecule has 0 unspecified atom stereocenters. The Labute approximate surface area is 48.3 Å². The fraction of sp³-hybridized carbons (Fsp3) is 0.600. The smallest absolute Gasteiger partial charge is 0.369 e. The first kappa shape index (κ1) is 7.14. The van der Waals surface area contributed by atoms with E-state index >= 15 is 0 Å². The van der Waals surface area contributed by atoms with Gasteiger partial charge in [0.2, 0.25) is 6.54 Å². The molecule has 0 aromatic carbocycles. The van der Waals surface area contributed by atoms with Crippen LogP contribution in [0.1, 0.15) is 6.92 Å². The topological polar surface area (TPSA) is 40.3 Å². The number of nitrogens with zero attached hydrogens (tertiary/aromatic N) is 1. The second kappa shape index (κ2) is 3.18. The fourth-order valence-corrected chi connectivity index (χ4v) is 0.305. The Bertz CT molecular complexity index is 118. The van der Waals surface area contributed by atoms with Gasteiger partial charge in [-0.3, -0.25) is 0 Å². The van der Waals surface area contributed by atoms with Gasteiger partial charge in [-0.25, -0.2) is 9.37 Å². The van der Waals surface area contributed by atoms with Gasteiger partial charge >= 0.3 is 5.97 Å². The van der Waals surface area contributed by atoms with E-state index in [0.29, 0.717) is 0 Å². The molecule has 8 heavy (non-hydrogen) atoms. The molecule has 0 fully saturated rings. The van der Waals surface area contributed by atoms with Crippen molar-refractivity contribution >= 4 is 12.2 Å². The van der Waals surface area contributed by atoms with Crippen molar-refractivity contribution in [2.75, 3.05) is 13.6 Å². The molecule has 0 aromatic rings. The predicted octanol–water partition coefficient (Wildman–Crippen LogP) is -0.196. The number of carboxylic acid groups (broad SMARTS) is 1. The highest BCUT2D eigenvalue weighted by atomic mass is 16.4. The van der Waals surface area contributed by atoms with Gasteiger partial charge in [-0.2, -0.15) is 0 Å². The summed E-state index contributed by atoms with van der Waals surface area (Å²) in [6.45, 7) is 1.87. The number of likely N-dealkylation sites (N-methyl/N-ethyl adjacent to an activating group) is 1. The van der Waals surface area contributed by atoms with Crippen molar-refractivity contribution < 1.29 is 14.5 Å². The lowest BCUT2D eigenvalue weighted by atomic mass is 10.6. The first-order valence-electron chi connectivity index (χ1n) is 2.38. The van der Waals surface area contributed by atoms with Crippen molar-refractivity contribution in [3.63, 3.8) is 0 Å². The zero-order valence-electron chi connectivity index (χ0n) is 5.09.